The van der Waals surface area contributed by atoms with Gasteiger partial charge in [0.2, 0.25) is 11.9 Å². The summed E-state index contributed by atoms with van der Waals surface area (Å²) in [6, 6.07) is 7.26. The third-order valence-electron chi connectivity index (χ3n) is 3.99. The molecule has 3 rings (SSSR count). The van der Waals surface area contributed by atoms with Crippen molar-refractivity contribution in [3.8, 4) is 0 Å². The van der Waals surface area contributed by atoms with Gasteiger partial charge in [-0.1, -0.05) is 23.7 Å². The van der Waals surface area contributed by atoms with Gasteiger partial charge in [0, 0.05) is 37.3 Å². The van der Waals surface area contributed by atoms with Gasteiger partial charge in [-0.05, 0) is 30.8 Å². The van der Waals surface area contributed by atoms with Crippen LogP contribution in [0.3, 0.4) is 0 Å². The summed E-state index contributed by atoms with van der Waals surface area (Å²) in [6.45, 7) is 3.81. The fourth-order valence-electron chi connectivity index (χ4n) is 2.49. The molecule has 1 aromatic carbocycles. The van der Waals surface area contributed by atoms with Crippen molar-refractivity contribution in [2.75, 3.05) is 43.4 Å². The van der Waals surface area contributed by atoms with Crippen LogP contribution in [-0.4, -0.2) is 54.0 Å². The zero-order chi connectivity index (χ0) is 17.6. The Kier molecular flexibility index (Phi) is 5.63. The Morgan fingerprint density at radius 3 is 2.40 bits per heavy atom. The molecular formula is C18H20ClN5O. The molecule has 1 fully saturated rings. The van der Waals surface area contributed by atoms with Gasteiger partial charge in [0.25, 0.3) is 0 Å². The minimum absolute atomic E-state index is 0.231. The zero-order valence-electron chi connectivity index (χ0n) is 14.0. The Balaban J connectivity index is 1.55. The first-order valence-electron chi connectivity index (χ1n) is 8.10. The zero-order valence-corrected chi connectivity index (χ0v) is 14.8. The smallest absolute Gasteiger partial charge is 0.248 e. The summed E-state index contributed by atoms with van der Waals surface area (Å²) in [6.07, 6.45) is 6.46. The van der Waals surface area contributed by atoms with Crippen molar-refractivity contribution in [2.45, 2.75) is 0 Å². The van der Waals surface area contributed by atoms with Crippen LogP contribution >= 0.6 is 11.6 Å². The molecule has 1 aromatic heterocycles. The van der Waals surface area contributed by atoms with Crippen LogP contribution in [0.4, 0.5) is 11.6 Å². The molecule has 25 heavy (non-hydrogen) atoms. The van der Waals surface area contributed by atoms with Gasteiger partial charge in [-0.2, -0.15) is 0 Å². The Hall–Kier alpha value is -2.44. The number of likely N-dealkylation sites (N-methyl/N-ethyl adjacent to an activating group) is 1. The van der Waals surface area contributed by atoms with Gasteiger partial charge in [-0.15, -0.1) is 0 Å². The highest BCUT2D eigenvalue weighted by Crippen LogP contribution is 2.13. The number of piperazine rings is 1. The first-order valence-corrected chi connectivity index (χ1v) is 8.48. The predicted octanol–water partition coefficient (Wildman–Crippen LogP) is 2.53. The van der Waals surface area contributed by atoms with E-state index in [0.29, 0.717) is 16.7 Å². The molecule has 0 radical (unpaired) electrons. The number of nitrogens with zero attached hydrogens (tertiary/aromatic N) is 4. The Morgan fingerprint density at radius 1 is 1.12 bits per heavy atom. The van der Waals surface area contributed by atoms with Gasteiger partial charge in [0.15, 0.2) is 0 Å². The van der Waals surface area contributed by atoms with E-state index in [0.717, 1.165) is 31.7 Å². The minimum Gasteiger partial charge on any atom is -0.338 e. The van der Waals surface area contributed by atoms with E-state index in [1.165, 1.54) is 6.08 Å². The van der Waals surface area contributed by atoms with E-state index >= 15 is 0 Å². The summed E-state index contributed by atoms with van der Waals surface area (Å²) < 4.78 is 0. The summed E-state index contributed by atoms with van der Waals surface area (Å²) in [5.74, 6) is 0.466. The maximum absolute atomic E-state index is 12.0. The minimum atomic E-state index is -0.231. The van der Waals surface area contributed by atoms with Crippen molar-refractivity contribution in [3.63, 3.8) is 0 Å². The summed E-state index contributed by atoms with van der Waals surface area (Å²) in [7, 11) is 2.11. The van der Waals surface area contributed by atoms with E-state index in [4.69, 9.17) is 11.6 Å². The second-order valence-electron chi connectivity index (χ2n) is 5.94. The lowest BCUT2D eigenvalue weighted by Crippen LogP contribution is -2.45. The number of carbonyl (C=O) groups excluding carboxylic acids is 1. The number of rotatable bonds is 4. The fraction of sp³-hybridized carbons (Fsp3) is 0.278. The number of amides is 1. The van der Waals surface area contributed by atoms with E-state index in [9.17, 15) is 4.79 Å². The number of benzene rings is 1. The Morgan fingerprint density at radius 2 is 1.76 bits per heavy atom. The van der Waals surface area contributed by atoms with Crippen molar-refractivity contribution < 1.29 is 4.79 Å². The predicted molar refractivity (Wildman–Crippen MR) is 101 cm³/mol. The number of halogens is 1. The second-order valence-corrected chi connectivity index (χ2v) is 6.37. The molecule has 0 bridgehead atoms. The van der Waals surface area contributed by atoms with E-state index in [-0.39, 0.29) is 5.91 Å². The Bertz CT molecular complexity index is 737. The first-order chi connectivity index (χ1) is 12.1. The van der Waals surface area contributed by atoms with Crippen molar-refractivity contribution in [1.29, 1.82) is 0 Å². The van der Waals surface area contributed by atoms with Gasteiger partial charge >= 0.3 is 0 Å². The number of carbonyl (C=O) groups is 1. The third-order valence-corrected chi connectivity index (χ3v) is 4.24. The van der Waals surface area contributed by atoms with Crippen molar-refractivity contribution in [3.05, 3.63) is 53.3 Å². The number of nitrogens with one attached hydrogen (secondary N) is 1. The molecular weight excluding hydrogens is 338 g/mol. The molecule has 0 aliphatic carbocycles. The topological polar surface area (TPSA) is 61.4 Å². The van der Waals surface area contributed by atoms with Crippen LogP contribution in [0.5, 0.6) is 0 Å². The summed E-state index contributed by atoms with van der Waals surface area (Å²) in [4.78, 5) is 25.1. The van der Waals surface area contributed by atoms with Crippen LogP contribution < -0.4 is 10.2 Å². The lowest BCUT2D eigenvalue weighted by Gasteiger charge is -2.32. The van der Waals surface area contributed by atoms with Gasteiger partial charge in [-0.25, -0.2) is 9.97 Å². The van der Waals surface area contributed by atoms with Gasteiger partial charge in [0.1, 0.15) is 0 Å². The summed E-state index contributed by atoms with van der Waals surface area (Å²) >= 11 is 5.83. The molecule has 0 unspecified atom stereocenters. The second kappa shape index (κ2) is 8.09. The molecule has 1 aliphatic rings. The van der Waals surface area contributed by atoms with Crippen molar-refractivity contribution in [2.24, 2.45) is 0 Å². The normalized spacial score (nSPS) is 15.5. The van der Waals surface area contributed by atoms with E-state index < -0.39 is 0 Å². The monoisotopic (exact) mass is 357 g/mol. The lowest BCUT2D eigenvalue weighted by atomic mass is 10.2. The lowest BCUT2D eigenvalue weighted by molar-refractivity contribution is -0.111. The summed E-state index contributed by atoms with van der Waals surface area (Å²) in [5, 5.41) is 3.42. The molecule has 2 heterocycles. The highest BCUT2D eigenvalue weighted by Gasteiger charge is 2.16. The average Bonchev–Trinajstić information content (AvgIpc) is 2.63. The molecule has 130 valence electrons. The number of anilines is 2. The van der Waals surface area contributed by atoms with Crippen molar-refractivity contribution in [1.82, 2.24) is 14.9 Å². The van der Waals surface area contributed by atoms with E-state index in [2.05, 4.69) is 32.1 Å². The molecule has 1 aliphatic heterocycles. The van der Waals surface area contributed by atoms with Crippen LogP contribution in [0, 0.1) is 0 Å². The number of aromatic nitrogens is 2. The highest BCUT2D eigenvalue weighted by molar-refractivity contribution is 6.30. The molecule has 6 nitrogen and oxygen atoms in total. The highest BCUT2D eigenvalue weighted by atomic mass is 35.5. The van der Waals surface area contributed by atoms with Crippen LogP contribution in [0.15, 0.2) is 42.7 Å². The molecule has 1 N–H and O–H groups in total. The third kappa shape index (κ3) is 5.01. The SMILES string of the molecule is CN1CCN(c2ncc(NC(=O)/C=C/c3ccc(Cl)cc3)cn2)CC1. The van der Waals surface area contributed by atoms with E-state index in [1.807, 2.05) is 12.1 Å². The molecule has 1 saturated heterocycles. The molecule has 0 atom stereocenters. The molecule has 1 amide bonds. The fourth-order valence-corrected chi connectivity index (χ4v) is 2.61. The Labute approximate surface area is 152 Å². The van der Waals surface area contributed by atoms with E-state index in [1.54, 1.807) is 30.6 Å². The molecule has 0 spiro atoms. The molecule has 0 saturated carbocycles. The van der Waals surface area contributed by atoms with Crippen molar-refractivity contribution >= 4 is 35.2 Å². The largest absolute Gasteiger partial charge is 0.338 e. The molecule has 2 aromatic rings. The van der Waals surface area contributed by atoms with Crippen LogP contribution in [0.25, 0.3) is 6.08 Å². The number of hydrogen-bond donors (Lipinski definition) is 1. The van der Waals surface area contributed by atoms with Crippen LogP contribution in [0.1, 0.15) is 5.56 Å². The van der Waals surface area contributed by atoms with Gasteiger partial charge in [0.05, 0.1) is 18.1 Å². The maximum atomic E-state index is 12.0. The van der Waals surface area contributed by atoms with Crippen LogP contribution in [-0.2, 0) is 4.79 Å². The summed E-state index contributed by atoms with van der Waals surface area (Å²) in [5.41, 5.74) is 1.48. The maximum Gasteiger partial charge on any atom is 0.248 e. The van der Waals surface area contributed by atoms with Gasteiger partial charge in [-0.3, -0.25) is 4.79 Å². The number of hydrogen-bond acceptors (Lipinski definition) is 5. The van der Waals surface area contributed by atoms with Gasteiger partial charge < -0.3 is 15.1 Å². The standard InChI is InChI=1S/C18H20ClN5O/c1-23-8-10-24(11-9-23)18-20-12-16(13-21-18)22-17(25)7-4-14-2-5-15(19)6-3-14/h2-7,12-13H,8-11H2,1H3,(H,22,25)/b7-4+. The quantitative estimate of drug-likeness (QED) is 0.852. The average molecular weight is 358 g/mol. The molecule has 7 heteroatoms. The first kappa shape index (κ1) is 17.4. The van der Waals surface area contributed by atoms with Crippen LogP contribution in [0.2, 0.25) is 5.02 Å².